The quantitative estimate of drug-likeness (QED) is 0.929. The van der Waals surface area contributed by atoms with E-state index in [-0.39, 0.29) is 11.6 Å². The van der Waals surface area contributed by atoms with Crippen molar-refractivity contribution in [2.24, 2.45) is 0 Å². The van der Waals surface area contributed by atoms with E-state index >= 15 is 0 Å². The summed E-state index contributed by atoms with van der Waals surface area (Å²) in [6, 6.07) is 8.78. The number of halogens is 1. The maximum absolute atomic E-state index is 13.7. The third-order valence-corrected chi connectivity index (χ3v) is 4.75. The topological polar surface area (TPSA) is 62.3 Å². The monoisotopic (exact) mass is 345 g/mol. The van der Waals surface area contributed by atoms with Crippen molar-refractivity contribution in [1.82, 2.24) is 9.88 Å². The first-order chi connectivity index (χ1) is 11.6. The second kappa shape index (κ2) is 7.00. The summed E-state index contributed by atoms with van der Waals surface area (Å²) in [5.41, 5.74) is 1.37. The Morgan fingerprint density at radius 1 is 1.29 bits per heavy atom. The fourth-order valence-corrected chi connectivity index (χ4v) is 3.55. The van der Waals surface area contributed by atoms with Crippen LogP contribution in [0.15, 0.2) is 42.6 Å². The number of benzene rings is 1. The molecule has 1 atom stereocenters. The zero-order chi connectivity index (χ0) is 17.1. The lowest BCUT2D eigenvalue weighted by Gasteiger charge is -2.23. The highest BCUT2D eigenvalue weighted by atomic mass is 32.2. The summed E-state index contributed by atoms with van der Waals surface area (Å²) >= 11 is 1.49. The van der Waals surface area contributed by atoms with Gasteiger partial charge in [0.1, 0.15) is 11.9 Å². The molecule has 3 rings (SSSR count). The predicted molar refractivity (Wildman–Crippen MR) is 91.3 cm³/mol. The number of para-hydroxylation sites is 1. The van der Waals surface area contributed by atoms with Crippen molar-refractivity contribution in [3.05, 3.63) is 59.7 Å². The Morgan fingerprint density at radius 3 is 2.79 bits per heavy atom. The van der Waals surface area contributed by atoms with E-state index in [2.05, 4.69) is 10.3 Å². The van der Waals surface area contributed by atoms with Crippen LogP contribution in [0.1, 0.15) is 16.1 Å². The van der Waals surface area contributed by atoms with E-state index in [1.807, 2.05) is 6.92 Å². The fourth-order valence-electron chi connectivity index (χ4n) is 2.40. The number of amides is 2. The molecular formula is C17H16FN3O2S. The van der Waals surface area contributed by atoms with Crippen molar-refractivity contribution in [2.75, 3.05) is 16.9 Å². The normalized spacial score (nSPS) is 16.9. The Labute approximate surface area is 143 Å². The van der Waals surface area contributed by atoms with Crippen molar-refractivity contribution in [2.45, 2.75) is 13.0 Å². The molecule has 0 bridgehead atoms. The second-order valence-electron chi connectivity index (χ2n) is 5.45. The van der Waals surface area contributed by atoms with Gasteiger partial charge in [0.05, 0.1) is 17.1 Å². The van der Waals surface area contributed by atoms with Crippen LogP contribution in [0.25, 0.3) is 0 Å². The molecule has 1 aliphatic rings. The zero-order valence-corrected chi connectivity index (χ0v) is 13.8. The van der Waals surface area contributed by atoms with Gasteiger partial charge in [0.25, 0.3) is 5.91 Å². The van der Waals surface area contributed by atoms with Crippen LogP contribution in [-0.2, 0) is 4.79 Å². The molecule has 0 spiro atoms. The highest BCUT2D eigenvalue weighted by molar-refractivity contribution is 7.99. The molecule has 124 valence electrons. The number of rotatable bonds is 3. The van der Waals surface area contributed by atoms with Gasteiger partial charge in [-0.2, -0.15) is 0 Å². The van der Waals surface area contributed by atoms with Gasteiger partial charge in [0.2, 0.25) is 5.91 Å². The molecule has 1 saturated heterocycles. The van der Waals surface area contributed by atoms with Crippen LogP contribution in [0.5, 0.6) is 0 Å². The van der Waals surface area contributed by atoms with Crippen LogP contribution < -0.4 is 5.32 Å². The summed E-state index contributed by atoms with van der Waals surface area (Å²) in [6.07, 6.45) is 1.51. The number of anilines is 1. The minimum absolute atomic E-state index is 0.115. The minimum Gasteiger partial charge on any atom is -0.322 e. The van der Waals surface area contributed by atoms with Gasteiger partial charge < -0.3 is 10.2 Å². The minimum atomic E-state index is -0.636. The number of nitrogens with one attached hydrogen (secondary N) is 1. The predicted octanol–water partition coefficient (Wildman–Crippen LogP) is 2.68. The van der Waals surface area contributed by atoms with Crippen LogP contribution in [0.2, 0.25) is 0 Å². The van der Waals surface area contributed by atoms with Gasteiger partial charge in [0, 0.05) is 17.6 Å². The molecule has 0 unspecified atom stereocenters. The Hall–Kier alpha value is -2.41. The van der Waals surface area contributed by atoms with Crippen molar-refractivity contribution < 1.29 is 14.0 Å². The number of nitrogens with zero attached hydrogens (tertiary/aromatic N) is 2. The van der Waals surface area contributed by atoms with E-state index in [0.29, 0.717) is 17.2 Å². The van der Waals surface area contributed by atoms with Gasteiger partial charge >= 0.3 is 0 Å². The first kappa shape index (κ1) is 16.4. The lowest BCUT2D eigenvalue weighted by molar-refractivity contribution is -0.119. The Balaban J connectivity index is 1.75. The number of aryl methyl sites for hydroxylation is 1. The molecule has 24 heavy (non-hydrogen) atoms. The van der Waals surface area contributed by atoms with Gasteiger partial charge in [-0.25, -0.2) is 4.39 Å². The molecule has 0 saturated carbocycles. The molecule has 0 aliphatic carbocycles. The van der Waals surface area contributed by atoms with Gasteiger partial charge in [-0.3, -0.25) is 14.6 Å². The Bertz CT molecular complexity index is 767. The second-order valence-corrected chi connectivity index (χ2v) is 6.45. The third-order valence-electron chi connectivity index (χ3n) is 3.74. The van der Waals surface area contributed by atoms with Gasteiger partial charge in [-0.1, -0.05) is 12.1 Å². The number of hydrogen-bond donors (Lipinski definition) is 1. The lowest BCUT2D eigenvalue weighted by Crippen LogP contribution is -2.44. The highest BCUT2D eigenvalue weighted by Crippen LogP contribution is 2.24. The van der Waals surface area contributed by atoms with Crippen molar-refractivity contribution >= 4 is 29.3 Å². The van der Waals surface area contributed by atoms with Crippen LogP contribution >= 0.6 is 11.8 Å². The number of hydrogen-bond acceptors (Lipinski definition) is 4. The van der Waals surface area contributed by atoms with E-state index < -0.39 is 17.8 Å². The van der Waals surface area contributed by atoms with Gasteiger partial charge in [-0.05, 0) is 31.2 Å². The van der Waals surface area contributed by atoms with Crippen molar-refractivity contribution in [1.29, 1.82) is 0 Å². The first-order valence-electron chi connectivity index (χ1n) is 7.43. The zero-order valence-electron chi connectivity index (χ0n) is 13.0. The first-order valence-corrected chi connectivity index (χ1v) is 8.58. The number of pyridine rings is 1. The summed E-state index contributed by atoms with van der Waals surface area (Å²) < 4.78 is 13.7. The summed E-state index contributed by atoms with van der Waals surface area (Å²) in [5.74, 6) is -0.246. The molecule has 1 fully saturated rings. The van der Waals surface area contributed by atoms with Gasteiger partial charge in [-0.15, -0.1) is 11.8 Å². The number of thioether (sulfide) groups is 1. The Morgan fingerprint density at radius 2 is 2.08 bits per heavy atom. The highest BCUT2D eigenvalue weighted by Gasteiger charge is 2.35. The summed E-state index contributed by atoms with van der Waals surface area (Å²) in [6.45, 7) is 1.84. The molecular weight excluding hydrogens is 329 g/mol. The van der Waals surface area contributed by atoms with Crippen LogP contribution in [0.3, 0.4) is 0 Å². The van der Waals surface area contributed by atoms with Gasteiger partial charge in [0.15, 0.2) is 0 Å². The molecule has 1 N–H and O–H groups in total. The summed E-state index contributed by atoms with van der Waals surface area (Å²) in [7, 11) is 0. The molecule has 2 aromatic rings. The standard InChI is InChI=1S/C17H16FN3O2S/c1-11-6-7-12(8-19-11)17(23)21-10-24-9-15(21)16(22)20-14-5-3-2-4-13(14)18/h2-8,15H,9-10H2,1H3,(H,20,22)/t15-/m1/s1. The SMILES string of the molecule is Cc1ccc(C(=O)N2CSC[C@@H]2C(=O)Nc2ccccc2F)cn1. The maximum Gasteiger partial charge on any atom is 0.256 e. The molecule has 0 radical (unpaired) electrons. The molecule has 7 heteroatoms. The lowest BCUT2D eigenvalue weighted by atomic mass is 10.2. The van der Waals surface area contributed by atoms with Crippen molar-refractivity contribution in [3.8, 4) is 0 Å². The number of carbonyl (C=O) groups is 2. The average molecular weight is 345 g/mol. The Kier molecular flexibility index (Phi) is 4.80. The fraction of sp³-hybridized carbons (Fsp3) is 0.235. The van der Waals surface area contributed by atoms with Crippen LogP contribution in [0, 0.1) is 12.7 Å². The van der Waals surface area contributed by atoms with E-state index in [4.69, 9.17) is 0 Å². The summed E-state index contributed by atoms with van der Waals surface area (Å²) in [4.78, 5) is 30.7. The number of aromatic nitrogens is 1. The molecule has 1 aliphatic heterocycles. The van der Waals surface area contributed by atoms with Crippen LogP contribution in [-0.4, -0.2) is 39.4 Å². The maximum atomic E-state index is 13.7. The smallest absolute Gasteiger partial charge is 0.256 e. The van der Waals surface area contributed by atoms with Crippen molar-refractivity contribution in [3.63, 3.8) is 0 Å². The average Bonchev–Trinajstić information content (AvgIpc) is 3.07. The molecule has 2 amide bonds. The molecule has 2 heterocycles. The third kappa shape index (κ3) is 3.41. The van der Waals surface area contributed by atoms with E-state index in [1.165, 1.54) is 35.0 Å². The molecule has 1 aromatic heterocycles. The van der Waals surface area contributed by atoms with E-state index in [0.717, 1.165) is 5.69 Å². The number of carbonyl (C=O) groups excluding carboxylic acids is 2. The van der Waals surface area contributed by atoms with Crippen LogP contribution in [0.4, 0.5) is 10.1 Å². The molecule has 1 aromatic carbocycles. The van der Waals surface area contributed by atoms with E-state index in [9.17, 15) is 14.0 Å². The largest absolute Gasteiger partial charge is 0.322 e. The summed E-state index contributed by atoms with van der Waals surface area (Å²) in [5, 5.41) is 2.56. The van der Waals surface area contributed by atoms with E-state index in [1.54, 1.807) is 24.3 Å². The molecule has 5 nitrogen and oxygen atoms in total.